The topological polar surface area (TPSA) is 59.8 Å². The monoisotopic (exact) mass is 222 g/mol. The average molecular weight is 222 g/mol. The molecular weight excluding hydrogens is 204 g/mol. The van der Waals surface area contributed by atoms with E-state index in [2.05, 4.69) is 15.6 Å². The highest BCUT2D eigenvalue weighted by Gasteiger charge is 2.34. The fourth-order valence-corrected chi connectivity index (χ4v) is 2.15. The van der Waals surface area contributed by atoms with Crippen LogP contribution in [0.4, 0.5) is 0 Å². The first-order chi connectivity index (χ1) is 7.60. The number of aryl methyl sites for hydroxylation is 1. The molecule has 1 aliphatic heterocycles. The summed E-state index contributed by atoms with van der Waals surface area (Å²) in [6.07, 6.45) is 4.24. The molecule has 1 saturated heterocycles. The van der Waals surface area contributed by atoms with E-state index in [0.29, 0.717) is 6.42 Å². The normalized spacial score (nSPS) is 25.6. The highest BCUT2D eigenvalue weighted by Crippen LogP contribution is 2.27. The van der Waals surface area contributed by atoms with Gasteiger partial charge in [-0.05, 0) is 19.4 Å². The van der Waals surface area contributed by atoms with E-state index in [1.54, 1.807) is 10.9 Å². The molecule has 5 nitrogen and oxygen atoms in total. The van der Waals surface area contributed by atoms with Gasteiger partial charge in [-0.2, -0.15) is 0 Å². The van der Waals surface area contributed by atoms with Gasteiger partial charge in [0.25, 0.3) is 0 Å². The molecule has 0 spiro atoms. The van der Waals surface area contributed by atoms with E-state index in [9.17, 15) is 4.79 Å². The quantitative estimate of drug-likeness (QED) is 0.800. The number of hydrogen-bond donors (Lipinski definition) is 1. The zero-order chi connectivity index (χ0) is 11.6. The lowest BCUT2D eigenvalue weighted by atomic mass is 9.77. The van der Waals surface area contributed by atoms with Crippen molar-refractivity contribution >= 4 is 5.78 Å². The van der Waals surface area contributed by atoms with Crippen molar-refractivity contribution in [1.29, 1.82) is 0 Å². The van der Waals surface area contributed by atoms with Gasteiger partial charge in [0.2, 0.25) is 0 Å². The molecule has 0 radical (unpaired) electrons. The first-order valence-electron chi connectivity index (χ1n) is 5.69. The minimum Gasteiger partial charge on any atom is -0.316 e. The van der Waals surface area contributed by atoms with Crippen molar-refractivity contribution in [2.24, 2.45) is 12.5 Å². The zero-order valence-electron chi connectivity index (χ0n) is 9.86. The van der Waals surface area contributed by atoms with Crippen LogP contribution >= 0.6 is 0 Å². The van der Waals surface area contributed by atoms with Crippen LogP contribution in [0.15, 0.2) is 6.20 Å². The predicted molar refractivity (Wildman–Crippen MR) is 59.9 cm³/mol. The second-order valence-electron chi connectivity index (χ2n) is 4.82. The second-order valence-corrected chi connectivity index (χ2v) is 4.82. The third kappa shape index (κ3) is 2.29. The lowest BCUT2D eigenvalue weighted by Gasteiger charge is -2.32. The van der Waals surface area contributed by atoms with Gasteiger partial charge in [-0.25, -0.2) is 0 Å². The number of ketones is 1. The molecule has 0 amide bonds. The molecule has 1 aromatic heterocycles. The number of Topliss-reactive ketones (excluding diaryl/α,β-unsaturated/α-hetero) is 1. The summed E-state index contributed by atoms with van der Waals surface area (Å²) in [5.41, 5.74) is 0.537. The Balaban J connectivity index is 2.01. The van der Waals surface area contributed by atoms with Crippen LogP contribution in [0.1, 0.15) is 25.5 Å². The van der Waals surface area contributed by atoms with Crippen LogP contribution in [0, 0.1) is 5.41 Å². The molecule has 1 fully saturated rings. The average Bonchev–Trinajstić information content (AvgIpc) is 2.65. The van der Waals surface area contributed by atoms with Crippen LogP contribution in [0.5, 0.6) is 0 Å². The molecule has 0 aromatic carbocycles. The maximum Gasteiger partial charge on any atom is 0.146 e. The zero-order valence-corrected chi connectivity index (χ0v) is 9.86. The predicted octanol–water partition coefficient (Wildman–Crippen LogP) is 0.316. The lowest BCUT2D eigenvalue weighted by Crippen LogP contribution is -2.44. The van der Waals surface area contributed by atoms with Crippen molar-refractivity contribution in [1.82, 2.24) is 20.3 Å². The largest absolute Gasteiger partial charge is 0.316 e. The van der Waals surface area contributed by atoms with E-state index in [0.717, 1.165) is 31.6 Å². The Hall–Kier alpha value is -1.23. The number of rotatable bonds is 3. The maximum atomic E-state index is 12.2. The van der Waals surface area contributed by atoms with Crippen molar-refractivity contribution in [2.45, 2.75) is 26.2 Å². The van der Waals surface area contributed by atoms with Crippen molar-refractivity contribution in [3.8, 4) is 0 Å². The van der Waals surface area contributed by atoms with Gasteiger partial charge in [0.05, 0.1) is 12.1 Å². The summed E-state index contributed by atoms with van der Waals surface area (Å²) in [7, 11) is 1.81. The molecule has 2 heterocycles. The molecule has 0 aliphatic carbocycles. The van der Waals surface area contributed by atoms with E-state index in [4.69, 9.17) is 0 Å². The lowest BCUT2D eigenvalue weighted by molar-refractivity contribution is -0.128. The number of aromatic nitrogens is 3. The molecular formula is C11H18N4O. The number of hydrogen-bond acceptors (Lipinski definition) is 4. The highest BCUT2D eigenvalue weighted by atomic mass is 16.1. The van der Waals surface area contributed by atoms with Crippen LogP contribution in [-0.2, 0) is 18.3 Å². The molecule has 1 N–H and O–H groups in total. The van der Waals surface area contributed by atoms with Gasteiger partial charge in [0.15, 0.2) is 0 Å². The summed E-state index contributed by atoms with van der Waals surface area (Å²) in [5, 5.41) is 11.1. The summed E-state index contributed by atoms with van der Waals surface area (Å²) >= 11 is 0. The molecule has 16 heavy (non-hydrogen) atoms. The summed E-state index contributed by atoms with van der Waals surface area (Å²) in [5.74, 6) is 0.264. The first-order valence-corrected chi connectivity index (χ1v) is 5.69. The third-order valence-electron chi connectivity index (χ3n) is 3.26. The van der Waals surface area contributed by atoms with Gasteiger partial charge in [-0.15, -0.1) is 5.10 Å². The van der Waals surface area contributed by atoms with Gasteiger partial charge in [-0.1, -0.05) is 12.1 Å². The molecule has 88 valence electrons. The minimum absolute atomic E-state index is 0.226. The fourth-order valence-electron chi connectivity index (χ4n) is 2.15. The Morgan fingerprint density at radius 2 is 2.50 bits per heavy atom. The van der Waals surface area contributed by atoms with Crippen molar-refractivity contribution in [3.63, 3.8) is 0 Å². The SMILES string of the molecule is Cn1cc(CC(=O)C2(C)CCCNC2)nn1. The van der Waals surface area contributed by atoms with Crippen LogP contribution < -0.4 is 5.32 Å². The van der Waals surface area contributed by atoms with Gasteiger partial charge in [0, 0.05) is 25.2 Å². The first kappa shape index (κ1) is 11.3. The number of nitrogens with one attached hydrogen (secondary N) is 1. The van der Waals surface area contributed by atoms with Crippen molar-refractivity contribution < 1.29 is 4.79 Å². The Bertz CT molecular complexity index is 379. The number of carbonyl (C=O) groups excluding carboxylic acids is 1. The van der Waals surface area contributed by atoms with Crippen LogP contribution in [0.3, 0.4) is 0 Å². The smallest absolute Gasteiger partial charge is 0.146 e. The Kier molecular flexibility index (Phi) is 3.05. The number of carbonyl (C=O) groups is 1. The standard InChI is InChI=1S/C11H18N4O/c1-11(4-3-5-12-8-11)10(16)6-9-7-15(2)14-13-9/h7,12H,3-6,8H2,1-2H3. The molecule has 1 unspecified atom stereocenters. The van der Waals surface area contributed by atoms with Crippen LogP contribution in [-0.4, -0.2) is 33.9 Å². The third-order valence-corrected chi connectivity index (χ3v) is 3.26. The van der Waals surface area contributed by atoms with Crippen LogP contribution in [0.2, 0.25) is 0 Å². The number of nitrogens with zero attached hydrogens (tertiary/aromatic N) is 3. The van der Waals surface area contributed by atoms with E-state index >= 15 is 0 Å². The van der Waals surface area contributed by atoms with Crippen molar-refractivity contribution in [2.75, 3.05) is 13.1 Å². The van der Waals surface area contributed by atoms with E-state index in [1.807, 2.05) is 14.0 Å². The molecule has 1 aromatic rings. The Morgan fingerprint density at radius 1 is 1.69 bits per heavy atom. The summed E-state index contributed by atoms with van der Waals surface area (Å²) in [6, 6.07) is 0. The van der Waals surface area contributed by atoms with E-state index in [1.165, 1.54) is 0 Å². The molecule has 5 heteroatoms. The van der Waals surface area contributed by atoms with Gasteiger partial charge in [0.1, 0.15) is 5.78 Å². The van der Waals surface area contributed by atoms with Gasteiger partial charge >= 0.3 is 0 Å². The summed E-state index contributed by atoms with van der Waals surface area (Å²) in [4.78, 5) is 12.2. The Labute approximate surface area is 95.2 Å². The minimum atomic E-state index is -0.226. The molecule has 0 saturated carbocycles. The maximum absolute atomic E-state index is 12.2. The molecule has 1 atom stereocenters. The fraction of sp³-hybridized carbons (Fsp3) is 0.727. The molecule has 1 aliphatic rings. The van der Waals surface area contributed by atoms with E-state index < -0.39 is 0 Å². The van der Waals surface area contributed by atoms with Crippen molar-refractivity contribution in [3.05, 3.63) is 11.9 Å². The summed E-state index contributed by atoms with van der Waals surface area (Å²) in [6.45, 7) is 3.85. The van der Waals surface area contributed by atoms with E-state index in [-0.39, 0.29) is 11.2 Å². The van der Waals surface area contributed by atoms with Gasteiger partial charge in [-0.3, -0.25) is 9.48 Å². The Morgan fingerprint density at radius 3 is 3.06 bits per heavy atom. The highest BCUT2D eigenvalue weighted by molar-refractivity contribution is 5.86. The van der Waals surface area contributed by atoms with Crippen LogP contribution in [0.25, 0.3) is 0 Å². The summed E-state index contributed by atoms with van der Waals surface area (Å²) < 4.78 is 1.63. The number of piperidine rings is 1. The second kappa shape index (κ2) is 4.33. The van der Waals surface area contributed by atoms with Gasteiger partial charge < -0.3 is 5.32 Å². The molecule has 0 bridgehead atoms. The molecule has 2 rings (SSSR count).